The summed E-state index contributed by atoms with van der Waals surface area (Å²) in [6.07, 6.45) is 4.28. The van der Waals surface area contributed by atoms with E-state index in [2.05, 4.69) is 19.1 Å². The fourth-order valence-corrected chi connectivity index (χ4v) is 3.77. The first-order valence-corrected chi connectivity index (χ1v) is 7.77. The molecule has 1 saturated carbocycles. The van der Waals surface area contributed by atoms with E-state index in [0.717, 1.165) is 40.3 Å². The molecule has 21 heavy (non-hydrogen) atoms. The first-order chi connectivity index (χ1) is 10.2. The summed E-state index contributed by atoms with van der Waals surface area (Å²) < 4.78 is 5.86. The molecule has 1 aliphatic rings. The Bertz CT molecular complexity index is 794. The summed E-state index contributed by atoms with van der Waals surface area (Å²) in [6, 6.07) is 14.2. The highest BCUT2D eigenvalue weighted by molar-refractivity contribution is 6.05. The standard InChI is InChI=1S/C19H20O2/c1-19(10-4-5-11-19)18(20)13-8-9-17-15(12-13)14-6-2-3-7-16(14)21-17/h2-3,6-9,12,18,20H,4-5,10-11H2,1H3. The van der Waals surface area contributed by atoms with Gasteiger partial charge < -0.3 is 9.52 Å². The minimum Gasteiger partial charge on any atom is -0.456 e. The lowest BCUT2D eigenvalue weighted by Gasteiger charge is -2.30. The number of para-hydroxylation sites is 1. The third-order valence-electron chi connectivity index (χ3n) is 5.12. The van der Waals surface area contributed by atoms with Crippen molar-refractivity contribution in [1.82, 2.24) is 0 Å². The summed E-state index contributed by atoms with van der Waals surface area (Å²) in [5.74, 6) is 0. The Labute approximate surface area is 124 Å². The fraction of sp³-hybridized carbons (Fsp3) is 0.368. The molecule has 3 aromatic rings. The van der Waals surface area contributed by atoms with Crippen LogP contribution >= 0.6 is 0 Å². The zero-order valence-corrected chi connectivity index (χ0v) is 12.3. The molecule has 2 heteroatoms. The molecule has 1 heterocycles. The summed E-state index contributed by atoms with van der Waals surface area (Å²) >= 11 is 0. The van der Waals surface area contributed by atoms with Crippen LogP contribution in [0.2, 0.25) is 0 Å². The predicted octanol–water partition coefficient (Wildman–Crippen LogP) is 5.20. The van der Waals surface area contributed by atoms with Gasteiger partial charge in [0.05, 0.1) is 6.10 Å². The van der Waals surface area contributed by atoms with E-state index < -0.39 is 6.10 Å². The average molecular weight is 280 g/mol. The zero-order chi connectivity index (χ0) is 14.4. The highest BCUT2D eigenvalue weighted by atomic mass is 16.3. The van der Waals surface area contributed by atoms with Gasteiger partial charge in [-0.05, 0) is 42.0 Å². The maximum absolute atomic E-state index is 10.8. The smallest absolute Gasteiger partial charge is 0.135 e. The normalized spacial score (nSPS) is 19.3. The van der Waals surface area contributed by atoms with Crippen LogP contribution < -0.4 is 0 Å². The zero-order valence-electron chi connectivity index (χ0n) is 12.3. The molecule has 0 bridgehead atoms. The number of rotatable bonds is 2. The number of hydrogen-bond donors (Lipinski definition) is 1. The lowest BCUT2D eigenvalue weighted by atomic mass is 9.79. The van der Waals surface area contributed by atoms with Crippen molar-refractivity contribution in [2.45, 2.75) is 38.7 Å². The molecule has 0 amide bonds. The van der Waals surface area contributed by atoms with Crippen LogP contribution in [0.3, 0.4) is 0 Å². The number of aliphatic hydroxyl groups excluding tert-OH is 1. The van der Waals surface area contributed by atoms with Crippen molar-refractivity contribution in [1.29, 1.82) is 0 Å². The van der Waals surface area contributed by atoms with Crippen molar-refractivity contribution in [3.8, 4) is 0 Å². The molecule has 1 fully saturated rings. The van der Waals surface area contributed by atoms with Crippen LogP contribution in [0.5, 0.6) is 0 Å². The molecule has 4 rings (SSSR count). The lowest BCUT2D eigenvalue weighted by molar-refractivity contribution is 0.0409. The highest BCUT2D eigenvalue weighted by Gasteiger charge is 2.36. The Kier molecular flexibility index (Phi) is 2.83. The van der Waals surface area contributed by atoms with E-state index in [1.165, 1.54) is 12.8 Å². The Balaban J connectivity index is 1.84. The van der Waals surface area contributed by atoms with Gasteiger partial charge in [-0.15, -0.1) is 0 Å². The molecule has 0 radical (unpaired) electrons. The first-order valence-electron chi connectivity index (χ1n) is 7.77. The van der Waals surface area contributed by atoms with Gasteiger partial charge in [0.2, 0.25) is 0 Å². The number of hydrogen-bond acceptors (Lipinski definition) is 2. The van der Waals surface area contributed by atoms with Gasteiger partial charge in [0.1, 0.15) is 11.2 Å². The van der Waals surface area contributed by atoms with Crippen LogP contribution in [0.25, 0.3) is 21.9 Å². The Morgan fingerprint density at radius 1 is 1.00 bits per heavy atom. The SMILES string of the molecule is CC1(C(O)c2ccc3oc4ccccc4c3c2)CCCC1. The largest absolute Gasteiger partial charge is 0.456 e. The monoisotopic (exact) mass is 280 g/mol. The average Bonchev–Trinajstić information content (AvgIpc) is 3.10. The maximum Gasteiger partial charge on any atom is 0.135 e. The Morgan fingerprint density at radius 2 is 1.71 bits per heavy atom. The van der Waals surface area contributed by atoms with Crippen molar-refractivity contribution >= 4 is 21.9 Å². The quantitative estimate of drug-likeness (QED) is 0.700. The van der Waals surface area contributed by atoms with E-state index >= 15 is 0 Å². The third kappa shape index (κ3) is 1.97. The van der Waals surface area contributed by atoms with Crippen molar-refractivity contribution in [2.24, 2.45) is 5.41 Å². The number of fused-ring (bicyclic) bond motifs is 3. The first kappa shape index (κ1) is 12.9. The molecule has 1 N–H and O–H groups in total. The van der Waals surface area contributed by atoms with Crippen molar-refractivity contribution < 1.29 is 9.52 Å². The van der Waals surface area contributed by atoms with Crippen molar-refractivity contribution in [3.63, 3.8) is 0 Å². The molecule has 0 spiro atoms. The van der Waals surface area contributed by atoms with Crippen LogP contribution in [0.15, 0.2) is 46.9 Å². The molecule has 108 valence electrons. The molecule has 1 unspecified atom stereocenters. The Morgan fingerprint density at radius 3 is 2.52 bits per heavy atom. The van der Waals surface area contributed by atoms with E-state index in [1.807, 2.05) is 30.3 Å². The summed E-state index contributed by atoms with van der Waals surface area (Å²) in [4.78, 5) is 0. The van der Waals surface area contributed by atoms with E-state index in [-0.39, 0.29) is 5.41 Å². The van der Waals surface area contributed by atoms with Gasteiger partial charge in [0, 0.05) is 10.8 Å². The summed E-state index contributed by atoms with van der Waals surface area (Å²) in [5.41, 5.74) is 2.83. The van der Waals surface area contributed by atoms with Crippen molar-refractivity contribution in [2.75, 3.05) is 0 Å². The molecule has 1 aliphatic carbocycles. The molecule has 2 aromatic carbocycles. The maximum atomic E-state index is 10.8. The van der Waals surface area contributed by atoms with Crippen LogP contribution in [0, 0.1) is 5.41 Å². The van der Waals surface area contributed by atoms with Crippen LogP contribution in [-0.4, -0.2) is 5.11 Å². The Hall–Kier alpha value is -1.80. The summed E-state index contributed by atoms with van der Waals surface area (Å²) in [5, 5.41) is 13.0. The van der Waals surface area contributed by atoms with Crippen LogP contribution in [-0.2, 0) is 0 Å². The topological polar surface area (TPSA) is 33.4 Å². The second-order valence-electron chi connectivity index (χ2n) is 6.62. The summed E-state index contributed by atoms with van der Waals surface area (Å²) in [6.45, 7) is 2.21. The lowest BCUT2D eigenvalue weighted by Crippen LogP contribution is -2.21. The molecule has 1 atom stereocenters. The highest BCUT2D eigenvalue weighted by Crippen LogP contribution is 2.47. The molecular weight excluding hydrogens is 260 g/mol. The molecule has 0 aliphatic heterocycles. The molecule has 1 aromatic heterocycles. The van der Waals surface area contributed by atoms with Crippen molar-refractivity contribution in [3.05, 3.63) is 48.0 Å². The second-order valence-corrected chi connectivity index (χ2v) is 6.62. The van der Waals surface area contributed by atoms with E-state index in [1.54, 1.807) is 0 Å². The minimum atomic E-state index is -0.391. The van der Waals surface area contributed by atoms with Gasteiger partial charge in [-0.3, -0.25) is 0 Å². The van der Waals surface area contributed by atoms with Gasteiger partial charge in [-0.2, -0.15) is 0 Å². The number of benzene rings is 2. The van der Waals surface area contributed by atoms with Gasteiger partial charge in [0.25, 0.3) is 0 Å². The predicted molar refractivity (Wildman–Crippen MR) is 85.3 cm³/mol. The van der Waals surface area contributed by atoms with Gasteiger partial charge in [-0.25, -0.2) is 0 Å². The fourth-order valence-electron chi connectivity index (χ4n) is 3.77. The van der Waals surface area contributed by atoms with Gasteiger partial charge in [0.15, 0.2) is 0 Å². The van der Waals surface area contributed by atoms with E-state index in [0.29, 0.717) is 0 Å². The minimum absolute atomic E-state index is 0.0210. The third-order valence-corrected chi connectivity index (χ3v) is 5.12. The van der Waals surface area contributed by atoms with Crippen LogP contribution in [0.4, 0.5) is 0 Å². The van der Waals surface area contributed by atoms with Gasteiger partial charge >= 0.3 is 0 Å². The van der Waals surface area contributed by atoms with E-state index in [4.69, 9.17) is 4.42 Å². The van der Waals surface area contributed by atoms with Gasteiger partial charge in [-0.1, -0.05) is 44.0 Å². The number of aliphatic hydroxyl groups is 1. The molecule has 0 saturated heterocycles. The molecular formula is C19H20O2. The summed E-state index contributed by atoms with van der Waals surface area (Å²) in [7, 11) is 0. The molecule has 2 nitrogen and oxygen atoms in total. The van der Waals surface area contributed by atoms with Crippen LogP contribution in [0.1, 0.15) is 44.3 Å². The number of furan rings is 1. The van der Waals surface area contributed by atoms with E-state index in [9.17, 15) is 5.11 Å². The second kappa shape index (κ2) is 4.60.